The molecule has 0 fully saturated rings. The van der Waals surface area contributed by atoms with Crippen LogP contribution in [0.2, 0.25) is 0 Å². The highest BCUT2D eigenvalue weighted by molar-refractivity contribution is 6.12. The number of nitrogens with zero attached hydrogens (tertiary/aromatic N) is 5. The predicted molar refractivity (Wildman–Crippen MR) is 184 cm³/mol. The lowest BCUT2D eigenvalue weighted by Crippen LogP contribution is -2.05. The van der Waals surface area contributed by atoms with E-state index in [0.717, 1.165) is 55.7 Å². The summed E-state index contributed by atoms with van der Waals surface area (Å²) >= 11 is 0. The highest BCUT2D eigenvalue weighted by atomic mass is 19.4. The molecule has 236 valence electrons. The van der Waals surface area contributed by atoms with Crippen molar-refractivity contribution < 1.29 is 13.2 Å². The fourth-order valence-electron chi connectivity index (χ4n) is 6.59. The van der Waals surface area contributed by atoms with E-state index in [1.54, 1.807) is 19.1 Å². The Morgan fingerprint density at radius 3 is 1.62 bits per heavy atom. The van der Waals surface area contributed by atoms with Crippen molar-refractivity contribution in [1.29, 1.82) is 5.26 Å². The van der Waals surface area contributed by atoms with Gasteiger partial charge in [0.25, 0.3) is 0 Å². The second-order valence-corrected chi connectivity index (χ2v) is 12.4. The van der Waals surface area contributed by atoms with Crippen LogP contribution in [0.5, 0.6) is 0 Å². The minimum Gasteiger partial charge on any atom is -0.308 e. The van der Waals surface area contributed by atoms with Crippen LogP contribution in [0.25, 0.3) is 61.1 Å². The molecule has 7 rings (SSSR count). The summed E-state index contributed by atoms with van der Waals surface area (Å²) in [6.45, 7) is 9.43. The number of fused-ring (bicyclic) bond motifs is 3. The fraction of sp³-hybridized carbons (Fsp3) is 0.150. The van der Waals surface area contributed by atoms with Gasteiger partial charge in [-0.2, -0.15) is 18.4 Å². The molecular weight excluding hydrogens is 607 g/mol. The average molecular weight is 638 g/mol. The van der Waals surface area contributed by atoms with Crippen LogP contribution < -0.4 is 0 Å². The zero-order chi connectivity index (χ0) is 33.9. The first kappa shape index (κ1) is 30.8. The maximum absolute atomic E-state index is 13.8. The van der Waals surface area contributed by atoms with Crippen LogP contribution in [0.3, 0.4) is 0 Å². The van der Waals surface area contributed by atoms with Crippen LogP contribution in [-0.2, 0) is 6.18 Å². The van der Waals surface area contributed by atoms with Gasteiger partial charge in [0.1, 0.15) is 17.7 Å². The lowest BCUT2D eigenvalue weighted by Gasteiger charge is -2.13. The van der Waals surface area contributed by atoms with Gasteiger partial charge in [-0.1, -0.05) is 47.5 Å². The number of benzene rings is 5. The van der Waals surface area contributed by atoms with Crippen molar-refractivity contribution in [2.24, 2.45) is 0 Å². The quantitative estimate of drug-likeness (QED) is 0.193. The van der Waals surface area contributed by atoms with Crippen molar-refractivity contribution in [2.75, 3.05) is 0 Å². The Balaban J connectivity index is 1.53. The van der Waals surface area contributed by atoms with Gasteiger partial charge in [-0.15, -0.1) is 0 Å². The van der Waals surface area contributed by atoms with Gasteiger partial charge in [-0.05, 0) is 117 Å². The molecule has 0 N–H and O–H groups in total. The Morgan fingerprint density at radius 2 is 1.08 bits per heavy atom. The highest BCUT2D eigenvalue weighted by Crippen LogP contribution is 2.40. The van der Waals surface area contributed by atoms with Gasteiger partial charge in [0.05, 0.1) is 27.8 Å². The number of halogens is 3. The average Bonchev–Trinajstić information content (AvgIpc) is 3.35. The molecule has 8 heteroatoms. The van der Waals surface area contributed by atoms with Crippen LogP contribution in [0, 0.1) is 45.9 Å². The topological polar surface area (TPSA) is 67.4 Å². The molecule has 0 spiro atoms. The third-order valence-electron chi connectivity index (χ3n) is 8.53. The van der Waals surface area contributed by atoms with E-state index in [0.29, 0.717) is 45.4 Å². The summed E-state index contributed by atoms with van der Waals surface area (Å²) in [5, 5.41) is 12.0. The molecule has 0 bridgehead atoms. The predicted octanol–water partition coefficient (Wildman–Crippen LogP) is 10.4. The van der Waals surface area contributed by atoms with Crippen molar-refractivity contribution in [3.05, 3.63) is 130 Å². The summed E-state index contributed by atoms with van der Waals surface area (Å²) < 4.78 is 43.5. The van der Waals surface area contributed by atoms with Gasteiger partial charge in [0.15, 0.2) is 5.82 Å². The number of hydrogen-bond donors (Lipinski definition) is 0. The lowest BCUT2D eigenvalue weighted by molar-refractivity contribution is -0.137. The van der Waals surface area contributed by atoms with E-state index in [-0.39, 0.29) is 0 Å². The van der Waals surface area contributed by atoms with Crippen LogP contribution in [-0.4, -0.2) is 19.5 Å². The van der Waals surface area contributed by atoms with Crippen LogP contribution >= 0.6 is 0 Å². The van der Waals surface area contributed by atoms with E-state index in [1.807, 2.05) is 54.8 Å². The maximum atomic E-state index is 13.8. The summed E-state index contributed by atoms with van der Waals surface area (Å²) in [4.78, 5) is 13.4. The van der Waals surface area contributed by atoms with Gasteiger partial charge in [-0.25, -0.2) is 15.0 Å². The minimum atomic E-state index is -4.46. The standard InChI is InChI=1S/C40H30F3N5/c1-22-12-23(2)14-31(13-22)27-8-10-36-34(18-27)35-19-28(32-15-24(3)16-33(17-32)40(41,42)43)9-11-37(35)48(36)38-20-29(6-7-30(38)21-44)39-46-25(4)45-26(5)47-39/h6-20H,1-5H3. The number of hydrogen-bond acceptors (Lipinski definition) is 4. The smallest absolute Gasteiger partial charge is 0.308 e. The molecule has 2 heterocycles. The molecule has 7 aromatic rings. The van der Waals surface area contributed by atoms with E-state index in [1.165, 1.54) is 6.07 Å². The van der Waals surface area contributed by atoms with Gasteiger partial charge in [-0.3, -0.25) is 0 Å². The zero-order valence-electron chi connectivity index (χ0n) is 27.0. The largest absolute Gasteiger partial charge is 0.416 e. The Kier molecular flexibility index (Phi) is 7.36. The molecule has 2 aromatic heterocycles. The summed E-state index contributed by atoms with van der Waals surface area (Å²) in [7, 11) is 0. The number of nitriles is 1. The molecule has 5 aromatic carbocycles. The van der Waals surface area contributed by atoms with Gasteiger partial charge in [0, 0.05) is 16.3 Å². The summed E-state index contributed by atoms with van der Waals surface area (Å²) in [5.74, 6) is 1.69. The second-order valence-electron chi connectivity index (χ2n) is 12.4. The van der Waals surface area contributed by atoms with Crippen LogP contribution in [0.1, 0.15) is 39.5 Å². The lowest BCUT2D eigenvalue weighted by atomic mass is 9.97. The molecule has 0 unspecified atom stereocenters. The molecule has 0 saturated carbocycles. The first-order valence-electron chi connectivity index (χ1n) is 15.5. The first-order chi connectivity index (χ1) is 22.9. The second kappa shape index (κ2) is 11.5. The number of alkyl halides is 3. The Morgan fingerprint density at radius 1 is 0.562 bits per heavy atom. The van der Waals surface area contributed by atoms with E-state index in [9.17, 15) is 18.4 Å². The molecule has 0 saturated heterocycles. The summed E-state index contributed by atoms with van der Waals surface area (Å²) in [5.41, 5.74) is 8.86. The summed E-state index contributed by atoms with van der Waals surface area (Å²) in [6, 6.07) is 30.3. The normalized spacial score (nSPS) is 11.7. The third kappa shape index (κ3) is 5.58. The van der Waals surface area contributed by atoms with E-state index in [2.05, 4.69) is 65.2 Å². The third-order valence-corrected chi connectivity index (χ3v) is 8.53. The minimum absolute atomic E-state index is 0.455. The molecule has 0 aliphatic rings. The van der Waals surface area contributed by atoms with E-state index in [4.69, 9.17) is 0 Å². The van der Waals surface area contributed by atoms with Gasteiger partial charge >= 0.3 is 6.18 Å². The van der Waals surface area contributed by atoms with Crippen LogP contribution in [0.15, 0.2) is 91.0 Å². The highest BCUT2D eigenvalue weighted by Gasteiger charge is 2.31. The number of aryl methyl sites for hydroxylation is 5. The summed E-state index contributed by atoms with van der Waals surface area (Å²) in [6.07, 6.45) is -4.46. The zero-order valence-corrected chi connectivity index (χ0v) is 27.0. The molecule has 0 atom stereocenters. The Hall–Kier alpha value is -5.81. The molecule has 0 aliphatic heterocycles. The molecule has 0 radical (unpaired) electrons. The van der Waals surface area contributed by atoms with E-state index >= 15 is 0 Å². The Labute approximate surface area is 276 Å². The number of rotatable bonds is 4. The van der Waals surface area contributed by atoms with Crippen molar-refractivity contribution in [3.63, 3.8) is 0 Å². The fourth-order valence-corrected chi connectivity index (χ4v) is 6.59. The molecular formula is C40H30F3N5. The number of aromatic nitrogens is 4. The Bertz CT molecular complexity index is 2430. The van der Waals surface area contributed by atoms with Crippen molar-refractivity contribution in [2.45, 2.75) is 40.8 Å². The SMILES string of the molecule is Cc1cc(C)cc(-c2ccc3c(c2)c2cc(-c4cc(C)cc(C(F)(F)F)c4)ccc2n3-c2cc(-c3nc(C)nc(C)n3)ccc2C#N)c1. The van der Waals surface area contributed by atoms with E-state index < -0.39 is 11.7 Å². The monoisotopic (exact) mass is 637 g/mol. The molecule has 0 aliphatic carbocycles. The van der Waals surface area contributed by atoms with Crippen molar-refractivity contribution in [3.8, 4) is 45.4 Å². The molecule has 0 amide bonds. The van der Waals surface area contributed by atoms with Crippen molar-refractivity contribution in [1.82, 2.24) is 19.5 Å². The van der Waals surface area contributed by atoms with Crippen molar-refractivity contribution >= 4 is 21.8 Å². The first-order valence-corrected chi connectivity index (χ1v) is 15.5. The van der Waals surface area contributed by atoms with Gasteiger partial charge in [0.2, 0.25) is 0 Å². The molecule has 48 heavy (non-hydrogen) atoms. The van der Waals surface area contributed by atoms with Gasteiger partial charge < -0.3 is 4.57 Å². The molecule has 5 nitrogen and oxygen atoms in total. The maximum Gasteiger partial charge on any atom is 0.416 e. The van der Waals surface area contributed by atoms with Crippen LogP contribution in [0.4, 0.5) is 13.2 Å².